The number of nitrogens with one attached hydrogen (secondary N) is 2. The summed E-state index contributed by atoms with van der Waals surface area (Å²) >= 11 is 0. The molecule has 8 heteroatoms. The molecule has 2 N–H and O–H groups in total. The molecular weight excluding hydrogens is 342 g/mol. The Balaban J connectivity index is 1.52. The van der Waals surface area contributed by atoms with Crippen LogP contribution < -0.4 is 15.8 Å². The summed E-state index contributed by atoms with van der Waals surface area (Å²) in [6.45, 7) is 2.49. The molecule has 1 aliphatic carbocycles. The number of hydrogen-bond donors (Lipinski definition) is 2. The van der Waals surface area contributed by atoms with Crippen LogP contribution in [0.25, 0.3) is 11.1 Å². The van der Waals surface area contributed by atoms with Crippen LogP contribution in [0.15, 0.2) is 27.4 Å². The van der Waals surface area contributed by atoms with Gasteiger partial charge in [0.25, 0.3) is 0 Å². The molecule has 1 heterocycles. The van der Waals surface area contributed by atoms with Crippen molar-refractivity contribution in [1.82, 2.24) is 9.29 Å². The standard InChI is InChI=1S/C17H25N3O4S/c1-3-25(22,23)19-13-6-4-12(5-7-13)11-18-14-8-9-15-16(10-14)24-17(21)20(15)2/h8-10,12-13,18-19H,3-7,11H2,1-2H3/t12-,13-. The summed E-state index contributed by atoms with van der Waals surface area (Å²) in [5.41, 5.74) is 2.28. The Morgan fingerprint density at radius 3 is 2.64 bits per heavy atom. The molecule has 0 amide bonds. The van der Waals surface area contributed by atoms with Gasteiger partial charge in [-0.25, -0.2) is 17.9 Å². The van der Waals surface area contributed by atoms with Crippen LogP contribution in [0.5, 0.6) is 0 Å². The Kier molecular flexibility index (Phi) is 5.19. The van der Waals surface area contributed by atoms with E-state index in [1.165, 1.54) is 4.57 Å². The molecule has 138 valence electrons. The number of aromatic nitrogens is 1. The van der Waals surface area contributed by atoms with Crippen molar-refractivity contribution in [3.8, 4) is 0 Å². The van der Waals surface area contributed by atoms with E-state index >= 15 is 0 Å². The van der Waals surface area contributed by atoms with Crippen LogP contribution in [0.1, 0.15) is 32.6 Å². The van der Waals surface area contributed by atoms with E-state index in [9.17, 15) is 13.2 Å². The first-order valence-electron chi connectivity index (χ1n) is 8.71. The Bertz CT molecular complexity index is 892. The minimum absolute atomic E-state index is 0.0659. The van der Waals surface area contributed by atoms with E-state index in [0.29, 0.717) is 11.5 Å². The first kappa shape index (κ1) is 18.0. The van der Waals surface area contributed by atoms with Crippen LogP contribution >= 0.6 is 0 Å². The van der Waals surface area contributed by atoms with Gasteiger partial charge in [0.05, 0.1) is 11.3 Å². The molecule has 1 aliphatic rings. The zero-order chi connectivity index (χ0) is 18.0. The number of fused-ring (bicyclic) bond motifs is 1. The highest BCUT2D eigenvalue weighted by molar-refractivity contribution is 7.89. The van der Waals surface area contributed by atoms with Crippen molar-refractivity contribution in [1.29, 1.82) is 0 Å². The third-order valence-corrected chi connectivity index (χ3v) is 6.41. The molecule has 3 rings (SSSR count). The summed E-state index contributed by atoms with van der Waals surface area (Å²) < 4.78 is 32.7. The predicted octanol–water partition coefficient (Wildman–Crippen LogP) is 2.04. The average molecular weight is 367 g/mol. The number of aryl methyl sites for hydroxylation is 1. The number of nitrogens with zero attached hydrogens (tertiary/aromatic N) is 1. The molecule has 0 aliphatic heterocycles. The van der Waals surface area contributed by atoms with Crippen LogP contribution in [-0.2, 0) is 17.1 Å². The molecule has 1 saturated carbocycles. The lowest BCUT2D eigenvalue weighted by Crippen LogP contribution is -2.39. The van der Waals surface area contributed by atoms with E-state index in [0.717, 1.165) is 43.4 Å². The van der Waals surface area contributed by atoms with Gasteiger partial charge in [-0.15, -0.1) is 0 Å². The third kappa shape index (κ3) is 4.24. The fraction of sp³-hybridized carbons (Fsp3) is 0.588. The highest BCUT2D eigenvalue weighted by Gasteiger charge is 2.24. The average Bonchev–Trinajstić information content (AvgIpc) is 2.88. The molecule has 0 bridgehead atoms. The Labute approximate surface area is 147 Å². The van der Waals surface area contributed by atoms with Crippen molar-refractivity contribution in [2.75, 3.05) is 17.6 Å². The van der Waals surface area contributed by atoms with E-state index in [-0.39, 0.29) is 17.6 Å². The SMILES string of the molecule is CCS(=O)(=O)N[C@H]1CC[C@H](CNc2ccc3c(c2)oc(=O)n3C)CC1. The summed E-state index contributed by atoms with van der Waals surface area (Å²) in [6, 6.07) is 5.73. The highest BCUT2D eigenvalue weighted by atomic mass is 32.2. The van der Waals surface area contributed by atoms with Crippen molar-refractivity contribution in [2.24, 2.45) is 13.0 Å². The maximum Gasteiger partial charge on any atom is 0.419 e. The smallest absolute Gasteiger partial charge is 0.408 e. The lowest BCUT2D eigenvalue weighted by Gasteiger charge is -2.29. The predicted molar refractivity (Wildman–Crippen MR) is 98.3 cm³/mol. The van der Waals surface area contributed by atoms with Gasteiger partial charge in [0.15, 0.2) is 5.58 Å². The molecular formula is C17H25N3O4S. The number of rotatable bonds is 6. The third-order valence-electron chi connectivity index (χ3n) is 4.96. The van der Waals surface area contributed by atoms with Crippen LogP contribution in [0.4, 0.5) is 5.69 Å². The minimum Gasteiger partial charge on any atom is -0.408 e. The van der Waals surface area contributed by atoms with Gasteiger partial charge in [0, 0.05) is 31.4 Å². The molecule has 2 aromatic rings. The second-order valence-corrected chi connectivity index (χ2v) is 8.77. The Morgan fingerprint density at radius 1 is 1.24 bits per heavy atom. The Morgan fingerprint density at radius 2 is 1.96 bits per heavy atom. The number of anilines is 1. The monoisotopic (exact) mass is 367 g/mol. The van der Waals surface area contributed by atoms with E-state index < -0.39 is 10.0 Å². The van der Waals surface area contributed by atoms with Gasteiger partial charge in [0.2, 0.25) is 10.0 Å². The topological polar surface area (TPSA) is 93.3 Å². The van der Waals surface area contributed by atoms with Gasteiger partial charge >= 0.3 is 5.76 Å². The molecule has 1 aromatic heterocycles. The van der Waals surface area contributed by atoms with Crippen molar-refractivity contribution in [2.45, 2.75) is 38.6 Å². The summed E-state index contributed by atoms with van der Waals surface area (Å²) in [5.74, 6) is 0.285. The molecule has 1 aromatic carbocycles. The molecule has 1 fully saturated rings. The molecule has 7 nitrogen and oxygen atoms in total. The van der Waals surface area contributed by atoms with Crippen LogP contribution in [0.2, 0.25) is 0 Å². The number of sulfonamides is 1. The zero-order valence-electron chi connectivity index (χ0n) is 14.6. The van der Waals surface area contributed by atoms with Crippen molar-refractivity contribution in [3.63, 3.8) is 0 Å². The largest absolute Gasteiger partial charge is 0.419 e. The maximum absolute atomic E-state index is 11.6. The lowest BCUT2D eigenvalue weighted by atomic mass is 9.86. The van der Waals surface area contributed by atoms with E-state index in [4.69, 9.17) is 4.42 Å². The van der Waals surface area contributed by atoms with Crippen LogP contribution in [0, 0.1) is 5.92 Å². The maximum atomic E-state index is 11.6. The highest BCUT2D eigenvalue weighted by Crippen LogP contribution is 2.26. The normalized spacial score (nSPS) is 21.5. The summed E-state index contributed by atoms with van der Waals surface area (Å²) in [4.78, 5) is 11.5. The lowest BCUT2D eigenvalue weighted by molar-refractivity contribution is 0.324. The zero-order valence-corrected chi connectivity index (χ0v) is 15.4. The quantitative estimate of drug-likeness (QED) is 0.815. The van der Waals surface area contributed by atoms with Crippen LogP contribution in [0.3, 0.4) is 0 Å². The number of benzene rings is 1. The minimum atomic E-state index is -3.12. The fourth-order valence-corrected chi connectivity index (χ4v) is 4.24. The number of hydrogen-bond acceptors (Lipinski definition) is 5. The van der Waals surface area contributed by atoms with Gasteiger partial charge in [-0.1, -0.05) is 0 Å². The Hall–Kier alpha value is -1.80. The summed E-state index contributed by atoms with van der Waals surface area (Å²) in [7, 11) is -1.43. The van der Waals surface area contributed by atoms with Crippen molar-refractivity contribution >= 4 is 26.8 Å². The fourth-order valence-electron chi connectivity index (χ4n) is 3.33. The van der Waals surface area contributed by atoms with Gasteiger partial charge in [-0.3, -0.25) is 4.57 Å². The second kappa shape index (κ2) is 7.21. The van der Waals surface area contributed by atoms with Gasteiger partial charge < -0.3 is 9.73 Å². The first-order valence-corrected chi connectivity index (χ1v) is 10.4. The van der Waals surface area contributed by atoms with Gasteiger partial charge in [-0.2, -0.15) is 0 Å². The van der Waals surface area contributed by atoms with Gasteiger partial charge in [0.1, 0.15) is 0 Å². The van der Waals surface area contributed by atoms with E-state index in [1.54, 1.807) is 14.0 Å². The first-order chi connectivity index (χ1) is 11.9. The van der Waals surface area contributed by atoms with E-state index in [2.05, 4.69) is 10.0 Å². The molecule has 0 spiro atoms. The molecule has 25 heavy (non-hydrogen) atoms. The molecule has 0 atom stereocenters. The van der Waals surface area contributed by atoms with Gasteiger partial charge in [-0.05, 0) is 50.7 Å². The van der Waals surface area contributed by atoms with Crippen LogP contribution in [-0.4, -0.2) is 31.3 Å². The summed E-state index contributed by atoms with van der Waals surface area (Å²) in [5, 5.41) is 3.40. The molecule has 0 saturated heterocycles. The molecule has 0 unspecified atom stereocenters. The van der Waals surface area contributed by atoms with E-state index in [1.807, 2.05) is 18.2 Å². The summed E-state index contributed by atoms with van der Waals surface area (Å²) in [6.07, 6.45) is 3.73. The van der Waals surface area contributed by atoms with Crippen molar-refractivity contribution in [3.05, 3.63) is 28.7 Å². The second-order valence-electron chi connectivity index (χ2n) is 6.73. The van der Waals surface area contributed by atoms with Crippen molar-refractivity contribution < 1.29 is 12.8 Å². The number of oxazole rings is 1. The molecule has 0 radical (unpaired) electrons.